The van der Waals surface area contributed by atoms with Gasteiger partial charge in [-0.1, -0.05) is 52.0 Å². The number of aromatic nitrogens is 1. The average Bonchev–Trinajstić information content (AvgIpc) is 2.91. The van der Waals surface area contributed by atoms with Gasteiger partial charge >= 0.3 is 0 Å². The van der Waals surface area contributed by atoms with Gasteiger partial charge in [-0.3, -0.25) is 0 Å². The predicted molar refractivity (Wildman–Crippen MR) is 149 cm³/mol. The van der Waals surface area contributed by atoms with Crippen molar-refractivity contribution >= 4 is 10.9 Å². The maximum absolute atomic E-state index is 9.88. The van der Waals surface area contributed by atoms with E-state index in [1.165, 1.54) is 5.56 Å². The molecule has 0 atom stereocenters. The second-order valence-electron chi connectivity index (χ2n) is 10.5. The molecule has 4 rings (SSSR count). The SMILES string of the molecule is CCC[n+]1cc(-c2cc(OC)c(OC)c(-c3ccc(C(C)(C)C)cc3)c2)cc2cc(CO)c(CO)cc21. The highest BCUT2D eigenvalue weighted by Gasteiger charge is 2.20. The van der Waals surface area contributed by atoms with Crippen LogP contribution < -0.4 is 14.0 Å². The van der Waals surface area contributed by atoms with Crippen LogP contribution in [-0.4, -0.2) is 24.4 Å². The molecule has 0 aliphatic heterocycles. The van der Waals surface area contributed by atoms with E-state index in [2.05, 4.69) is 74.9 Å². The van der Waals surface area contributed by atoms with Gasteiger partial charge in [-0.15, -0.1) is 0 Å². The number of methoxy groups -OCH3 is 2. The fraction of sp³-hybridized carbons (Fsp3) is 0.344. The van der Waals surface area contributed by atoms with Gasteiger partial charge in [-0.25, -0.2) is 0 Å². The Hall–Kier alpha value is -3.41. The number of nitrogens with zero attached hydrogens (tertiary/aromatic N) is 1. The summed E-state index contributed by atoms with van der Waals surface area (Å²) < 4.78 is 13.8. The van der Waals surface area contributed by atoms with E-state index >= 15 is 0 Å². The molecule has 0 radical (unpaired) electrons. The normalized spacial score (nSPS) is 11.7. The van der Waals surface area contributed by atoms with Crippen LogP contribution in [0.15, 0.2) is 60.8 Å². The number of ether oxygens (including phenoxy) is 2. The molecule has 1 heterocycles. The maximum atomic E-state index is 9.88. The maximum Gasteiger partial charge on any atom is 0.212 e. The Morgan fingerprint density at radius 1 is 0.784 bits per heavy atom. The summed E-state index contributed by atoms with van der Waals surface area (Å²) in [5.74, 6) is 1.37. The van der Waals surface area contributed by atoms with Crippen LogP contribution in [0.2, 0.25) is 0 Å². The van der Waals surface area contributed by atoms with E-state index in [0.717, 1.165) is 57.2 Å². The zero-order valence-corrected chi connectivity index (χ0v) is 22.8. The first kappa shape index (κ1) is 26.6. The van der Waals surface area contributed by atoms with Crippen molar-refractivity contribution in [3.63, 3.8) is 0 Å². The third kappa shape index (κ3) is 5.34. The molecule has 37 heavy (non-hydrogen) atoms. The summed E-state index contributed by atoms with van der Waals surface area (Å²) in [7, 11) is 3.33. The molecular formula is C32H38NO4+. The standard InChI is InChI=1S/C32H38NO4/c1-7-12-33-18-24(13-23-14-25(19-34)26(20-35)16-29(23)33)22-15-28(31(37-6)30(17-22)36-5)21-8-10-27(11-9-21)32(2,3)4/h8-11,13-18,34-35H,7,12,19-20H2,1-6H3/q+1. The van der Waals surface area contributed by atoms with Crippen molar-refractivity contribution in [2.24, 2.45) is 0 Å². The van der Waals surface area contributed by atoms with Crippen molar-refractivity contribution in [3.8, 4) is 33.8 Å². The molecule has 0 bridgehead atoms. The summed E-state index contributed by atoms with van der Waals surface area (Å²) in [6, 6.07) is 18.9. The van der Waals surface area contributed by atoms with E-state index in [4.69, 9.17) is 9.47 Å². The van der Waals surface area contributed by atoms with Crippen molar-refractivity contribution in [2.45, 2.75) is 59.3 Å². The summed E-state index contributed by atoms with van der Waals surface area (Å²) in [5, 5.41) is 20.7. The van der Waals surface area contributed by atoms with Crippen LogP contribution in [0.4, 0.5) is 0 Å². The van der Waals surface area contributed by atoms with Crippen LogP contribution in [-0.2, 0) is 25.2 Å². The molecule has 0 saturated heterocycles. The zero-order chi connectivity index (χ0) is 26.7. The Labute approximate surface area is 219 Å². The van der Waals surface area contributed by atoms with Crippen LogP contribution in [0, 0.1) is 0 Å². The number of pyridine rings is 1. The van der Waals surface area contributed by atoms with Crippen molar-refractivity contribution in [3.05, 3.63) is 77.5 Å². The molecule has 2 N–H and O–H groups in total. The van der Waals surface area contributed by atoms with E-state index in [1.54, 1.807) is 14.2 Å². The first-order valence-electron chi connectivity index (χ1n) is 12.8. The molecule has 0 unspecified atom stereocenters. The number of aryl methyl sites for hydroxylation is 1. The zero-order valence-electron chi connectivity index (χ0n) is 22.8. The van der Waals surface area contributed by atoms with Crippen LogP contribution in [0.3, 0.4) is 0 Å². The molecule has 0 fully saturated rings. The molecular weight excluding hydrogens is 462 g/mol. The summed E-state index contributed by atoms with van der Waals surface area (Å²) in [5.41, 5.74) is 7.94. The lowest BCUT2D eigenvalue weighted by molar-refractivity contribution is -0.670. The Bertz CT molecular complexity index is 1400. The fourth-order valence-electron chi connectivity index (χ4n) is 4.88. The topological polar surface area (TPSA) is 62.8 Å². The highest BCUT2D eigenvalue weighted by Crippen LogP contribution is 2.42. The molecule has 4 aromatic rings. The van der Waals surface area contributed by atoms with Gasteiger partial charge in [0.15, 0.2) is 17.7 Å². The van der Waals surface area contributed by atoms with Gasteiger partial charge in [-0.2, -0.15) is 4.57 Å². The molecule has 5 heteroatoms. The monoisotopic (exact) mass is 500 g/mol. The first-order valence-corrected chi connectivity index (χ1v) is 12.8. The Balaban J connectivity index is 1.94. The second-order valence-corrected chi connectivity index (χ2v) is 10.5. The first-order chi connectivity index (χ1) is 17.7. The molecule has 5 nitrogen and oxygen atoms in total. The third-order valence-corrected chi connectivity index (χ3v) is 6.94. The molecule has 0 spiro atoms. The molecule has 1 aromatic heterocycles. The van der Waals surface area contributed by atoms with Crippen molar-refractivity contribution < 1.29 is 24.3 Å². The number of hydrogen-bond donors (Lipinski definition) is 2. The average molecular weight is 501 g/mol. The van der Waals surface area contributed by atoms with Crippen LogP contribution in [0.25, 0.3) is 33.2 Å². The largest absolute Gasteiger partial charge is 0.493 e. The highest BCUT2D eigenvalue weighted by atomic mass is 16.5. The third-order valence-electron chi connectivity index (χ3n) is 6.94. The van der Waals surface area contributed by atoms with Gasteiger partial charge in [0.1, 0.15) is 6.54 Å². The lowest BCUT2D eigenvalue weighted by Crippen LogP contribution is -2.34. The summed E-state index contributed by atoms with van der Waals surface area (Å²) >= 11 is 0. The van der Waals surface area contributed by atoms with Crippen molar-refractivity contribution in [2.75, 3.05) is 14.2 Å². The Morgan fingerprint density at radius 3 is 2.03 bits per heavy atom. The van der Waals surface area contributed by atoms with E-state index in [-0.39, 0.29) is 18.6 Å². The minimum absolute atomic E-state index is 0.0729. The summed E-state index contributed by atoms with van der Waals surface area (Å²) in [6.45, 7) is 9.40. The van der Waals surface area contributed by atoms with Gasteiger partial charge in [-0.05, 0) is 57.5 Å². The molecule has 0 amide bonds. The quantitative estimate of drug-likeness (QED) is 0.284. The minimum Gasteiger partial charge on any atom is -0.493 e. The number of fused-ring (bicyclic) bond motifs is 1. The number of rotatable bonds is 8. The van der Waals surface area contributed by atoms with E-state index < -0.39 is 0 Å². The second kappa shape index (κ2) is 10.9. The van der Waals surface area contributed by atoms with Crippen LogP contribution >= 0.6 is 0 Å². The van der Waals surface area contributed by atoms with Crippen molar-refractivity contribution in [1.82, 2.24) is 0 Å². The van der Waals surface area contributed by atoms with Crippen molar-refractivity contribution in [1.29, 1.82) is 0 Å². The van der Waals surface area contributed by atoms with E-state index in [1.807, 2.05) is 18.2 Å². The van der Waals surface area contributed by atoms with Gasteiger partial charge in [0, 0.05) is 29.0 Å². The Kier molecular flexibility index (Phi) is 7.86. The molecule has 194 valence electrons. The van der Waals surface area contributed by atoms with E-state index in [0.29, 0.717) is 11.5 Å². The minimum atomic E-state index is -0.116. The van der Waals surface area contributed by atoms with Crippen LogP contribution in [0.5, 0.6) is 11.5 Å². The molecule has 0 aliphatic rings. The summed E-state index contributed by atoms with van der Waals surface area (Å²) in [6.07, 6.45) is 3.12. The number of aliphatic hydroxyl groups is 2. The molecule has 3 aromatic carbocycles. The van der Waals surface area contributed by atoms with Gasteiger partial charge < -0.3 is 19.7 Å². The highest BCUT2D eigenvalue weighted by molar-refractivity contribution is 5.86. The van der Waals surface area contributed by atoms with Gasteiger partial charge in [0.05, 0.1) is 27.4 Å². The fourth-order valence-corrected chi connectivity index (χ4v) is 4.88. The van der Waals surface area contributed by atoms with Gasteiger partial charge in [0.25, 0.3) is 0 Å². The lowest BCUT2D eigenvalue weighted by atomic mass is 9.86. The van der Waals surface area contributed by atoms with Gasteiger partial charge in [0.2, 0.25) is 5.52 Å². The number of hydrogen-bond acceptors (Lipinski definition) is 4. The van der Waals surface area contributed by atoms with E-state index in [9.17, 15) is 10.2 Å². The smallest absolute Gasteiger partial charge is 0.212 e. The summed E-state index contributed by atoms with van der Waals surface area (Å²) in [4.78, 5) is 0. The molecule has 0 aliphatic carbocycles. The number of benzene rings is 3. The Morgan fingerprint density at radius 2 is 1.46 bits per heavy atom. The van der Waals surface area contributed by atoms with Crippen LogP contribution in [0.1, 0.15) is 50.8 Å². The molecule has 0 saturated carbocycles. The predicted octanol–water partition coefficient (Wildman–Crippen LogP) is 6.17. The number of aliphatic hydroxyl groups excluding tert-OH is 2. The lowest BCUT2D eigenvalue weighted by Gasteiger charge is -2.20.